The summed E-state index contributed by atoms with van der Waals surface area (Å²) in [5.41, 5.74) is 0. The monoisotopic (exact) mass is 163 g/mol. The lowest BCUT2D eigenvalue weighted by Gasteiger charge is -2.07. The van der Waals surface area contributed by atoms with Crippen LogP contribution >= 0.6 is 0 Å². The first-order valence-corrected chi connectivity index (χ1v) is 3.04. The number of halogens is 3. The van der Waals surface area contributed by atoms with Crippen molar-refractivity contribution in [1.29, 1.82) is 0 Å². The van der Waals surface area contributed by atoms with E-state index in [0.717, 1.165) is 6.08 Å². The van der Waals surface area contributed by atoms with Gasteiger partial charge in [0.1, 0.15) is 0 Å². The zero-order valence-corrected chi connectivity index (χ0v) is 5.57. The van der Waals surface area contributed by atoms with Crippen molar-refractivity contribution in [1.82, 2.24) is 5.32 Å². The molecule has 2 nitrogen and oxygen atoms in total. The van der Waals surface area contributed by atoms with Crippen LogP contribution in [0.1, 0.15) is 0 Å². The number of hydrogen-bond acceptors (Lipinski definition) is 2. The Labute approximate surface area is 61.8 Å². The van der Waals surface area contributed by atoms with E-state index in [-0.39, 0.29) is 5.84 Å². The van der Waals surface area contributed by atoms with Gasteiger partial charge in [-0.15, -0.1) is 0 Å². The summed E-state index contributed by atoms with van der Waals surface area (Å²) in [6.07, 6.45) is -2.31. The van der Waals surface area contributed by atoms with Gasteiger partial charge < -0.3 is 10.3 Å². The van der Waals surface area contributed by atoms with E-state index in [1.54, 1.807) is 0 Å². The van der Waals surface area contributed by atoms with Crippen molar-refractivity contribution in [3.8, 4) is 0 Å². The minimum atomic E-state index is -4.37. The lowest BCUT2D eigenvalue weighted by Crippen LogP contribution is -2.17. The topological polar surface area (TPSA) is 24.4 Å². The standard InChI is InChI=1S/C6H6F3N2/c7-6(8,9)2-1-5-10-3-4-11-5/h1H,3-4H2,(H,10,11)/q-1. The summed E-state index contributed by atoms with van der Waals surface area (Å²) in [6, 6.07) is 0. The largest absolute Gasteiger partial charge is 0.446 e. The van der Waals surface area contributed by atoms with Gasteiger partial charge in [0.15, 0.2) is 0 Å². The molecule has 0 saturated heterocycles. The van der Waals surface area contributed by atoms with Gasteiger partial charge in [0.2, 0.25) is 0 Å². The molecule has 0 unspecified atom stereocenters. The third-order valence-electron chi connectivity index (χ3n) is 1.07. The van der Waals surface area contributed by atoms with Crippen molar-refractivity contribution >= 4 is 5.84 Å². The number of hydrogen-bond donors (Lipinski definition) is 1. The first-order valence-electron chi connectivity index (χ1n) is 3.04. The van der Waals surface area contributed by atoms with Gasteiger partial charge in [-0.1, -0.05) is 0 Å². The minimum Gasteiger partial charge on any atom is -0.446 e. The molecule has 1 heterocycles. The molecule has 0 amide bonds. The summed E-state index contributed by atoms with van der Waals surface area (Å²) < 4.78 is 34.5. The number of amidine groups is 1. The number of rotatable bonds is 1. The molecule has 62 valence electrons. The highest BCUT2D eigenvalue weighted by Crippen LogP contribution is 2.14. The fourth-order valence-electron chi connectivity index (χ4n) is 0.663. The van der Waals surface area contributed by atoms with Gasteiger partial charge in [-0.3, -0.25) is 0 Å². The summed E-state index contributed by atoms with van der Waals surface area (Å²) in [4.78, 5) is 3.73. The normalized spacial score (nSPS) is 18.6. The molecule has 5 heteroatoms. The van der Waals surface area contributed by atoms with Gasteiger partial charge in [-0.05, 0) is 5.84 Å². The molecule has 0 spiro atoms. The van der Waals surface area contributed by atoms with Crippen LogP contribution in [0.2, 0.25) is 0 Å². The third-order valence-corrected chi connectivity index (χ3v) is 1.07. The van der Waals surface area contributed by atoms with E-state index >= 15 is 0 Å². The van der Waals surface area contributed by atoms with Gasteiger partial charge in [-0.25, -0.2) is 0 Å². The number of allylic oxidation sites excluding steroid dienone is 1. The predicted octanol–water partition coefficient (Wildman–Crippen LogP) is 0.910. The molecule has 0 saturated carbocycles. The van der Waals surface area contributed by atoms with E-state index in [1.165, 1.54) is 6.08 Å². The summed E-state index contributed by atoms with van der Waals surface area (Å²) in [5.74, 6) is 0.252. The molecule has 0 aromatic carbocycles. The maximum Gasteiger partial charge on any atom is 0.334 e. The molecule has 1 aliphatic heterocycles. The van der Waals surface area contributed by atoms with Crippen LogP contribution in [0.4, 0.5) is 13.2 Å². The Kier molecular flexibility index (Phi) is 2.16. The van der Waals surface area contributed by atoms with Crippen LogP contribution in [0.5, 0.6) is 0 Å². The average molecular weight is 163 g/mol. The molecule has 0 aromatic rings. The van der Waals surface area contributed by atoms with Crippen LogP contribution in [0, 0.1) is 6.08 Å². The quantitative estimate of drug-likeness (QED) is 0.571. The van der Waals surface area contributed by atoms with Crippen LogP contribution in [-0.2, 0) is 0 Å². The Morgan fingerprint density at radius 3 is 2.73 bits per heavy atom. The molecule has 1 rings (SSSR count). The average Bonchev–Trinajstić information content (AvgIpc) is 2.32. The van der Waals surface area contributed by atoms with Gasteiger partial charge >= 0.3 is 6.18 Å². The molecule has 0 aromatic heterocycles. The van der Waals surface area contributed by atoms with Crippen molar-refractivity contribution in [3.05, 3.63) is 12.2 Å². The van der Waals surface area contributed by atoms with Crippen molar-refractivity contribution in [2.45, 2.75) is 6.18 Å². The van der Waals surface area contributed by atoms with Gasteiger partial charge in [0.05, 0.1) is 0 Å². The van der Waals surface area contributed by atoms with Gasteiger partial charge in [-0.2, -0.15) is 25.3 Å². The number of alkyl halides is 3. The van der Waals surface area contributed by atoms with E-state index < -0.39 is 6.18 Å². The van der Waals surface area contributed by atoms with Crippen molar-refractivity contribution in [3.63, 3.8) is 0 Å². The minimum absolute atomic E-state index is 0.252. The van der Waals surface area contributed by atoms with E-state index in [0.29, 0.717) is 13.1 Å². The molecule has 0 atom stereocenters. The van der Waals surface area contributed by atoms with Crippen LogP contribution in [0.15, 0.2) is 11.1 Å². The summed E-state index contributed by atoms with van der Waals surface area (Å²) in [7, 11) is 0. The Morgan fingerprint density at radius 2 is 2.27 bits per heavy atom. The zero-order valence-electron chi connectivity index (χ0n) is 5.57. The van der Waals surface area contributed by atoms with E-state index in [1.807, 2.05) is 0 Å². The molecule has 0 aliphatic carbocycles. The number of nitrogens with zero attached hydrogens (tertiary/aromatic N) is 1. The zero-order chi connectivity index (χ0) is 8.32. The van der Waals surface area contributed by atoms with Crippen molar-refractivity contribution in [2.24, 2.45) is 4.99 Å². The number of nitrogens with one attached hydrogen (secondary N) is 1. The highest BCUT2D eigenvalue weighted by molar-refractivity contribution is 5.93. The van der Waals surface area contributed by atoms with Crippen LogP contribution < -0.4 is 5.32 Å². The van der Waals surface area contributed by atoms with Crippen molar-refractivity contribution in [2.75, 3.05) is 13.1 Å². The van der Waals surface area contributed by atoms with E-state index in [2.05, 4.69) is 10.3 Å². The Bertz CT molecular complexity index is 192. The van der Waals surface area contributed by atoms with Crippen LogP contribution in [-0.4, -0.2) is 25.1 Å². The summed E-state index contributed by atoms with van der Waals surface area (Å²) >= 11 is 0. The lowest BCUT2D eigenvalue weighted by molar-refractivity contribution is -0.0874. The molecule has 0 radical (unpaired) electrons. The SMILES string of the molecule is FC(F)(F)[C-]=CC1=NCCN1. The Morgan fingerprint density at radius 1 is 1.55 bits per heavy atom. The van der Waals surface area contributed by atoms with E-state index in [9.17, 15) is 13.2 Å². The second-order valence-corrected chi connectivity index (χ2v) is 1.98. The van der Waals surface area contributed by atoms with Crippen LogP contribution in [0.3, 0.4) is 0 Å². The first-order chi connectivity index (χ1) is 5.08. The molecule has 0 fully saturated rings. The van der Waals surface area contributed by atoms with Crippen LogP contribution in [0.25, 0.3) is 0 Å². The molecule has 0 bridgehead atoms. The highest BCUT2D eigenvalue weighted by atomic mass is 19.4. The first kappa shape index (κ1) is 8.10. The molecule has 11 heavy (non-hydrogen) atoms. The fraction of sp³-hybridized carbons (Fsp3) is 0.500. The maximum atomic E-state index is 11.5. The predicted molar refractivity (Wildman–Crippen MR) is 34.2 cm³/mol. The van der Waals surface area contributed by atoms with Gasteiger partial charge in [0, 0.05) is 13.1 Å². The number of aliphatic imine (C=N–C) groups is 1. The molecule has 1 N–H and O–H groups in total. The van der Waals surface area contributed by atoms with Gasteiger partial charge in [0.25, 0.3) is 0 Å². The van der Waals surface area contributed by atoms with Crippen molar-refractivity contribution < 1.29 is 13.2 Å². The third kappa shape index (κ3) is 3.06. The summed E-state index contributed by atoms with van der Waals surface area (Å²) in [6.45, 7) is 1.14. The highest BCUT2D eigenvalue weighted by Gasteiger charge is 2.14. The molecular weight excluding hydrogens is 157 g/mol. The second kappa shape index (κ2) is 2.94. The van der Waals surface area contributed by atoms with E-state index in [4.69, 9.17) is 0 Å². The second-order valence-electron chi connectivity index (χ2n) is 1.98. The smallest absolute Gasteiger partial charge is 0.334 e. The maximum absolute atomic E-state index is 11.5. The Balaban J connectivity index is 2.47. The summed E-state index contributed by atoms with van der Waals surface area (Å²) in [5, 5.41) is 2.66. The Hall–Kier alpha value is -1.00. The lowest BCUT2D eigenvalue weighted by atomic mass is 10.4. The fourth-order valence-corrected chi connectivity index (χ4v) is 0.663. The molecule has 1 aliphatic rings. The molecular formula is C6H6F3N2-.